The van der Waals surface area contributed by atoms with Gasteiger partial charge in [-0.3, -0.25) is 4.90 Å². The van der Waals surface area contributed by atoms with Crippen LogP contribution >= 0.6 is 11.6 Å². The molecule has 2 N–H and O–H groups in total. The molecule has 0 aliphatic heterocycles. The molecule has 0 heterocycles. The van der Waals surface area contributed by atoms with Crippen molar-refractivity contribution in [2.24, 2.45) is 0 Å². The fraction of sp³-hybridized carbons (Fsp3) is 0.294. The smallest absolute Gasteiger partial charge is 0.0406 e. The van der Waals surface area contributed by atoms with Crippen LogP contribution in [0.1, 0.15) is 24.1 Å². The lowest BCUT2D eigenvalue weighted by atomic mass is 10.1. The molecule has 0 spiro atoms. The fourth-order valence-electron chi connectivity index (χ4n) is 2.18. The highest BCUT2D eigenvalue weighted by molar-refractivity contribution is 6.30. The largest absolute Gasteiger partial charge is 0.399 e. The standard InChI is InChI=1S/C17H21ClN2/c1-13(15-5-7-16(18)8-6-15)20(2)12-11-14-3-9-17(19)10-4-14/h3-10,13H,11-12,19H2,1-2H3. The van der Waals surface area contributed by atoms with Gasteiger partial charge < -0.3 is 5.73 Å². The first kappa shape index (κ1) is 14.9. The molecule has 0 fully saturated rings. The summed E-state index contributed by atoms with van der Waals surface area (Å²) in [6.07, 6.45) is 1.02. The Hall–Kier alpha value is -1.51. The van der Waals surface area contributed by atoms with Crippen LogP contribution < -0.4 is 5.73 Å². The van der Waals surface area contributed by atoms with Crippen LogP contribution in [0, 0.1) is 0 Å². The van der Waals surface area contributed by atoms with E-state index in [2.05, 4.69) is 43.1 Å². The zero-order valence-electron chi connectivity index (χ0n) is 12.0. The number of nitrogens with two attached hydrogens (primary N) is 1. The summed E-state index contributed by atoms with van der Waals surface area (Å²) in [6, 6.07) is 16.5. The molecule has 1 unspecified atom stereocenters. The van der Waals surface area contributed by atoms with E-state index < -0.39 is 0 Å². The molecule has 0 saturated carbocycles. The molecule has 0 amide bonds. The molecule has 0 aromatic heterocycles. The summed E-state index contributed by atoms with van der Waals surface area (Å²) in [7, 11) is 2.15. The third-order valence-electron chi connectivity index (χ3n) is 3.75. The first-order chi connectivity index (χ1) is 9.56. The number of nitrogens with zero attached hydrogens (tertiary/aromatic N) is 1. The van der Waals surface area contributed by atoms with Gasteiger partial charge in [-0.25, -0.2) is 0 Å². The van der Waals surface area contributed by atoms with E-state index in [1.165, 1.54) is 11.1 Å². The van der Waals surface area contributed by atoms with Gasteiger partial charge in [-0.05, 0) is 55.8 Å². The van der Waals surface area contributed by atoms with E-state index in [9.17, 15) is 0 Å². The highest BCUT2D eigenvalue weighted by Crippen LogP contribution is 2.21. The van der Waals surface area contributed by atoms with Gasteiger partial charge in [0, 0.05) is 23.3 Å². The van der Waals surface area contributed by atoms with Crippen molar-refractivity contribution >= 4 is 17.3 Å². The number of nitrogen functional groups attached to an aromatic ring is 1. The lowest BCUT2D eigenvalue weighted by Crippen LogP contribution is -2.24. The first-order valence-electron chi connectivity index (χ1n) is 6.86. The van der Waals surface area contributed by atoms with Crippen LogP contribution in [0.4, 0.5) is 5.69 Å². The van der Waals surface area contributed by atoms with Gasteiger partial charge in [-0.2, -0.15) is 0 Å². The molecule has 0 aliphatic carbocycles. The van der Waals surface area contributed by atoms with E-state index in [0.717, 1.165) is 23.7 Å². The van der Waals surface area contributed by atoms with Crippen LogP contribution in [0.3, 0.4) is 0 Å². The molecule has 20 heavy (non-hydrogen) atoms. The van der Waals surface area contributed by atoms with Crippen LogP contribution in [0.5, 0.6) is 0 Å². The number of hydrogen-bond donors (Lipinski definition) is 1. The molecule has 1 atom stereocenters. The normalized spacial score (nSPS) is 12.6. The third-order valence-corrected chi connectivity index (χ3v) is 4.00. The second kappa shape index (κ2) is 6.78. The van der Waals surface area contributed by atoms with Crippen molar-refractivity contribution in [2.75, 3.05) is 19.3 Å². The second-order valence-corrected chi connectivity index (χ2v) is 5.64. The van der Waals surface area contributed by atoms with Crippen molar-refractivity contribution in [3.63, 3.8) is 0 Å². The van der Waals surface area contributed by atoms with Crippen molar-refractivity contribution in [2.45, 2.75) is 19.4 Å². The minimum Gasteiger partial charge on any atom is -0.399 e. The quantitative estimate of drug-likeness (QED) is 0.837. The number of benzene rings is 2. The van der Waals surface area contributed by atoms with E-state index >= 15 is 0 Å². The van der Waals surface area contributed by atoms with E-state index in [0.29, 0.717) is 6.04 Å². The van der Waals surface area contributed by atoms with Crippen molar-refractivity contribution in [1.82, 2.24) is 4.90 Å². The maximum absolute atomic E-state index is 5.93. The SMILES string of the molecule is CC(c1ccc(Cl)cc1)N(C)CCc1ccc(N)cc1. The van der Waals surface area contributed by atoms with E-state index in [4.69, 9.17) is 17.3 Å². The monoisotopic (exact) mass is 288 g/mol. The van der Waals surface area contributed by atoms with Crippen molar-refractivity contribution in [3.05, 3.63) is 64.7 Å². The van der Waals surface area contributed by atoms with Crippen molar-refractivity contribution < 1.29 is 0 Å². The minimum atomic E-state index is 0.376. The lowest BCUT2D eigenvalue weighted by Gasteiger charge is -2.25. The molecular weight excluding hydrogens is 268 g/mol. The maximum atomic E-state index is 5.93. The lowest BCUT2D eigenvalue weighted by molar-refractivity contribution is 0.265. The Balaban J connectivity index is 1.92. The summed E-state index contributed by atoms with van der Waals surface area (Å²) < 4.78 is 0. The topological polar surface area (TPSA) is 29.3 Å². The average Bonchev–Trinajstić information content (AvgIpc) is 2.46. The summed E-state index contributed by atoms with van der Waals surface area (Å²) in [5, 5.41) is 0.783. The number of rotatable bonds is 5. The highest BCUT2D eigenvalue weighted by atomic mass is 35.5. The molecular formula is C17H21ClN2. The number of anilines is 1. The number of hydrogen-bond acceptors (Lipinski definition) is 2. The zero-order valence-corrected chi connectivity index (χ0v) is 12.8. The molecule has 2 nitrogen and oxygen atoms in total. The van der Waals surface area contributed by atoms with Crippen LogP contribution in [0.15, 0.2) is 48.5 Å². The van der Waals surface area contributed by atoms with Gasteiger partial charge in [0.25, 0.3) is 0 Å². The van der Waals surface area contributed by atoms with Gasteiger partial charge in [0.15, 0.2) is 0 Å². The first-order valence-corrected chi connectivity index (χ1v) is 7.24. The summed E-state index contributed by atoms with van der Waals surface area (Å²) >= 11 is 5.93. The molecule has 0 saturated heterocycles. The molecule has 2 aromatic carbocycles. The Morgan fingerprint density at radius 2 is 1.65 bits per heavy atom. The van der Waals surface area contributed by atoms with Crippen LogP contribution in [-0.4, -0.2) is 18.5 Å². The van der Waals surface area contributed by atoms with Gasteiger partial charge in [0.1, 0.15) is 0 Å². The molecule has 0 radical (unpaired) electrons. The molecule has 2 aromatic rings. The van der Waals surface area contributed by atoms with Crippen molar-refractivity contribution in [3.8, 4) is 0 Å². The highest BCUT2D eigenvalue weighted by Gasteiger charge is 2.11. The summed E-state index contributed by atoms with van der Waals surface area (Å²) in [5.74, 6) is 0. The maximum Gasteiger partial charge on any atom is 0.0406 e. The molecule has 0 bridgehead atoms. The summed E-state index contributed by atoms with van der Waals surface area (Å²) in [5.41, 5.74) is 9.11. The zero-order chi connectivity index (χ0) is 14.5. The second-order valence-electron chi connectivity index (χ2n) is 5.20. The fourth-order valence-corrected chi connectivity index (χ4v) is 2.31. The van der Waals surface area contributed by atoms with Gasteiger partial charge >= 0.3 is 0 Å². The Morgan fingerprint density at radius 1 is 1.05 bits per heavy atom. The summed E-state index contributed by atoms with van der Waals surface area (Å²) in [4.78, 5) is 2.35. The Kier molecular flexibility index (Phi) is 5.05. The van der Waals surface area contributed by atoms with E-state index in [-0.39, 0.29) is 0 Å². The minimum absolute atomic E-state index is 0.376. The van der Waals surface area contributed by atoms with Gasteiger partial charge in [-0.1, -0.05) is 35.9 Å². The van der Waals surface area contributed by atoms with Crippen molar-refractivity contribution in [1.29, 1.82) is 0 Å². The van der Waals surface area contributed by atoms with E-state index in [1.54, 1.807) is 0 Å². The Morgan fingerprint density at radius 3 is 2.25 bits per heavy atom. The average molecular weight is 289 g/mol. The number of likely N-dealkylation sites (N-methyl/N-ethyl adjacent to an activating group) is 1. The third kappa shape index (κ3) is 3.99. The number of halogens is 1. The predicted molar refractivity (Wildman–Crippen MR) is 87.1 cm³/mol. The van der Waals surface area contributed by atoms with Crippen LogP contribution in [0.25, 0.3) is 0 Å². The Bertz CT molecular complexity index is 534. The van der Waals surface area contributed by atoms with Crippen LogP contribution in [0.2, 0.25) is 5.02 Å². The Labute approximate surface area is 126 Å². The van der Waals surface area contributed by atoms with Gasteiger partial charge in [0.05, 0.1) is 0 Å². The predicted octanol–water partition coefficient (Wildman–Crippen LogP) is 4.16. The summed E-state index contributed by atoms with van der Waals surface area (Å²) in [6.45, 7) is 3.22. The molecule has 3 heteroatoms. The molecule has 0 aliphatic rings. The van der Waals surface area contributed by atoms with E-state index in [1.807, 2.05) is 24.3 Å². The van der Waals surface area contributed by atoms with Gasteiger partial charge in [-0.15, -0.1) is 0 Å². The van der Waals surface area contributed by atoms with Gasteiger partial charge in [0.2, 0.25) is 0 Å². The van der Waals surface area contributed by atoms with Crippen LogP contribution in [-0.2, 0) is 6.42 Å². The molecule has 2 rings (SSSR count). The molecule has 106 valence electrons.